The zero-order valence-electron chi connectivity index (χ0n) is 13.8. The maximum Gasteiger partial charge on any atom is 0.342 e. The summed E-state index contributed by atoms with van der Waals surface area (Å²) in [5.41, 5.74) is 1.08. The molecule has 0 radical (unpaired) electrons. The van der Waals surface area contributed by atoms with E-state index in [0.29, 0.717) is 12.3 Å². The fraction of sp³-hybridized carbons (Fsp3) is 0.438. The van der Waals surface area contributed by atoms with Crippen LogP contribution in [0, 0.1) is 12.8 Å². The van der Waals surface area contributed by atoms with Crippen LogP contribution in [0.2, 0.25) is 0 Å². The highest BCUT2D eigenvalue weighted by molar-refractivity contribution is 5.97. The number of hydrogen-bond donors (Lipinski definition) is 2. The number of imide groups is 1. The third-order valence-electron chi connectivity index (χ3n) is 2.83. The second-order valence-corrected chi connectivity index (χ2v) is 5.43. The summed E-state index contributed by atoms with van der Waals surface area (Å²) in [6.45, 7) is 5.57. The molecule has 0 atom stereocenters. The Morgan fingerprint density at radius 1 is 1.22 bits per heavy atom. The number of urea groups is 1. The first-order valence-corrected chi connectivity index (χ1v) is 7.23. The van der Waals surface area contributed by atoms with E-state index in [4.69, 9.17) is 9.47 Å². The highest BCUT2D eigenvalue weighted by Crippen LogP contribution is 2.20. The Kier molecular flexibility index (Phi) is 7.05. The molecule has 126 valence electrons. The molecule has 0 aliphatic rings. The number of rotatable bonds is 6. The van der Waals surface area contributed by atoms with Gasteiger partial charge in [-0.05, 0) is 25.0 Å². The van der Waals surface area contributed by atoms with E-state index in [1.165, 1.54) is 7.11 Å². The van der Waals surface area contributed by atoms with Crippen LogP contribution in [0.1, 0.15) is 29.8 Å². The normalized spacial score (nSPS) is 10.1. The summed E-state index contributed by atoms with van der Waals surface area (Å²) in [4.78, 5) is 35.0. The van der Waals surface area contributed by atoms with Gasteiger partial charge in [0.15, 0.2) is 6.61 Å². The minimum absolute atomic E-state index is 0.226. The van der Waals surface area contributed by atoms with Crippen molar-refractivity contribution in [1.82, 2.24) is 10.6 Å². The number of ether oxygens (including phenoxy) is 2. The maximum absolute atomic E-state index is 12.0. The van der Waals surface area contributed by atoms with E-state index in [0.717, 1.165) is 5.56 Å². The number of aryl methyl sites for hydroxylation is 1. The van der Waals surface area contributed by atoms with Gasteiger partial charge in [-0.1, -0.05) is 25.5 Å². The fourth-order valence-corrected chi connectivity index (χ4v) is 1.69. The molecule has 0 aliphatic heterocycles. The van der Waals surface area contributed by atoms with E-state index in [2.05, 4.69) is 10.6 Å². The Balaban J connectivity index is 2.51. The van der Waals surface area contributed by atoms with E-state index in [-0.39, 0.29) is 11.5 Å². The number of esters is 1. The van der Waals surface area contributed by atoms with Crippen molar-refractivity contribution in [2.75, 3.05) is 20.3 Å². The highest BCUT2D eigenvalue weighted by Gasteiger charge is 2.16. The van der Waals surface area contributed by atoms with Crippen molar-refractivity contribution < 1.29 is 23.9 Å². The number of carbonyl (C=O) groups is 3. The molecule has 0 saturated heterocycles. The third-order valence-corrected chi connectivity index (χ3v) is 2.83. The van der Waals surface area contributed by atoms with Gasteiger partial charge in [0.05, 0.1) is 7.11 Å². The zero-order chi connectivity index (χ0) is 17.4. The third kappa shape index (κ3) is 6.37. The second-order valence-electron chi connectivity index (χ2n) is 5.43. The van der Waals surface area contributed by atoms with Crippen LogP contribution in [0.25, 0.3) is 0 Å². The summed E-state index contributed by atoms with van der Waals surface area (Å²) in [7, 11) is 1.44. The Morgan fingerprint density at radius 2 is 1.91 bits per heavy atom. The molecular formula is C16H22N2O5. The molecule has 0 bridgehead atoms. The van der Waals surface area contributed by atoms with Gasteiger partial charge in [-0.2, -0.15) is 0 Å². The molecule has 7 heteroatoms. The molecule has 1 rings (SSSR count). The van der Waals surface area contributed by atoms with E-state index in [1.807, 2.05) is 20.8 Å². The fourth-order valence-electron chi connectivity index (χ4n) is 1.69. The lowest BCUT2D eigenvalue weighted by Crippen LogP contribution is -2.42. The number of hydrogen-bond acceptors (Lipinski definition) is 5. The smallest absolute Gasteiger partial charge is 0.342 e. The lowest BCUT2D eigenvalue weighted by molar-refractivity contribution is -0.123. The molecule has 0 aliphatic carbocycles. The van der Waals surface area contributed by atoms with Crippen LogP contribution in [0.3, 0.4) is 0 Å². The molecule has 23 heavy (non-hydrogen) atoms. The van der Waals surface area contributed by atoms with Gasteiger partial charge in [0.2, 0.25) is 0 Å². The van der Waals surface area contributed by atoms with Gasteiger partial charge in [-0.25, -0.2) is 9.59 Å². The summed E-state index contributed by atoms with van der Waals surface area (Å²) in [5.74, 6) is -0.771. The predicted octanol–water partition coefficient (Wildman–Crippen LogP) is 1.64. The Hall–Kier alpha value is -2.57. The van der Waals surface area contributed by atoms with Crippen LogP contribution < -0.4 is 15.4 Å². The number of nitrogens with one attached hydrogen (secondary N) is 2. The minimum Gasteiger partial charge on any atom is -0.496 e. The van der Waals surface area contributed by atoms with E-state index < -0.39 is 24.5 Å². The summed E-state index contributed by atoms with van der Waals surface area (Å²) in [5, 5.41) is 4.61. The number of amides is 3. The molecule has 0 spiro atoms. The van der Waals surface area contributed by atoms with Crippen LogP contribution in [0.15, 0.2) is 18.2 Å². The van der Waals surface area contributed by atoms with Gasteiger partial charge in [0, 0.05) is 6.54 Å². The molecule has 0 heterocycles. The Morgan fingerprint density at radius 3 is 2.52 bits per heavy atom. The van der Waals surface area contributed by atoms with E-state index >= 15 is 0 Å². The first-order valence-electron chi connectivity index (χ1n) is 7.23. The molecule has 1 aromatic carbocycles. The zero-order valence-corrected chi connectivity index (χ0v) is 13.8. The van der Waals surface area contributed by atoms with Gasteiger partial charge < -0.3 is 14.8 Å². The summed E-state index contributed by atoms with van der Waals surface area (Å²) >= 11 is 0. The van der Waals surface area contributed by atoms with Gasteiger partial charge >= 0.3 is 12.0 Å². The Labute approximate surface area is 135 Å². The maximum atomic E-state index is 12.0. The molecule has 0 saturated carbocycles. The lowest BCUT2D eigenvalue weighted by atomic mass is 10.1. The molecule has 3 amide bonds. The van der Waals surface area contributed by atoms with Crippen LogP contribution >= 0.6 is 0 Å². The molecule has 1 aromatic rings. The summed E-state index contributed by atoms with van der Waals surface area (Å²) in [6, 6.07) is 4.43. The largest absolute Gasteiger partial charge is 0.496 e. The van der Waals surface area contributed by atoms with Crippen molar-refractivity contribution in [3.8, 4) is 5.75 Å². The molecule has 0 fully saturated rings. The molecule has 0 unspecified atom stereocenters. The monoisotopic (exact) mass is 322 g/mol. The Bertz CT molecular complexity index is 584. The van der Waals surface area contributed by atoms with Crippen LogP contribution in [-0.4, -0.2) is 38.2 Å². The van der Waals surface area contributed by atoms with Crippen molar-refractivity contribution in [2.24, 2.45) is 5.92 Å². The number of benzene rings is 1. The quantitative estimate of drug-likeness (QED) is 0.777. The number of carbonyl (C=O) groups excluding carboxylic acids is 3. The molecule has 0 aromatic heterocycles. The highest BCUT2D eigenvalue weighted by atomic mass is 16.5. The van der Waals surface area contributed by atoms with Gasteiger partial charge in [0.25, 0.3) is 5.91 Å². The first-order chi connectivity index (χ1) is 10.8. The molecule has 7 nitrogen and oxygen atoms in total. The SMILES string of the molecule is COc1ccc(C)cc1C(=O)OCC(=O)NC(=O)NCC(C)C. The summed E-state index contributed by atoms with van der Waals surface area (Å²) in [6.07, 6.45) is 0. The van der Waals surface area contributed by atoms with Crippen molar-refractivity contribution in [3.05, 3.63) is 29.3 Å². The predicted molar refractivity (Wildman–Crippen MR) is 84.4 cm³/mol. The van der Waals surface area contributed by atoms with Gasteiger partial charge in [0.1, 0.15) is 11.3 Å². The molecular weight excluding hydrogens is 300 g/mol. The standard InChI is InChI=1S/C16H22N2O5/c1-10(2)8-17-16(21)18-14(19)9-23-15(20)12-7-11(3)5-6-13(12)22-4/h5-7,10H,8-9H2,1-4H3,(H2,17,18,19,21). The first kappa shape index (κ1) is 18.5. The van der Waals surface area contributed by atoms with E-state index in [1.54, 1.807) is 18.2 Å². The van der Waals surface area contributed by atoms with Crippen molar-refractivity contribution in [3.63, 3.8) is 0 Å². The van der Waals surface area contributed by atoms with Gasteiger partial charge in [-0.15, -0.1) is 0 Å². The van der Waals surface area contributed by atoms with Crippen LogP contribution in [0.5, 0.6) is 5.75 Å². The number of methoxy groups -OCH3 is 1. The van der Waals surface area contributed by atoms with Crippen LogP contribution in [0.4, 0.5) is 4.79 Å². The second kappa shape index (κ2) is 8.77. The van der Waals surface area contributed by atoms with Crippen molar-refractivity contribution in [1.29, 1.82) is 0 Å². The lowest BCUT2D eigenvalue weighted by Gasteiger charge is -2.10. The van der Waals surface area contributed by atoms with Crippen molar-refractivity contribution >= 4 is 17.9 Å². The van der Waals surface area contributed by atoms with Crippen molar-refractivity contribution in [2.45, 2.75) is 20.8 Å². The minimum atomic E-state index is -0.703. The average molecular weight is 322 g/mol. The van der Waals surface area contributed by atoms with Crippen LogP contribution in [-0.2, 0) is 9.53 Å². The van der Waals surface area contributed by atoms with E-state index in [9.17, 15) is 14.4 Å². The molecule has 2 N–H and O–H groups in total. The topological polar surface area (TPSA) is 93.7 Å². The van der Waals surface area contributed by atoms with Gasteiger partial charge in [-0.3, -0.25) is 10.1 Å². The summed E-state index contributed by atoms with van der Waals surface area (Å²) < 4.78 is 9.98. The average Bonchev–Trinajstić information content (AvgIpc) is 2.50.